The summed E-state index contributed by atoms with van der Waals surface area (Å²) >= 11 is 4.77. The van der Waals surface area contributed by atoms with Gasteiger partial charge in [0, 0.05) is 18.0 Å². The van der Waals surface area contributed by atoms with E-state index in [0.717, 1.165) is 34.6 Å². The van der Waals surface area contributed by atoms with Crippen LogP contribution < -0.4 is 10.0 Å². The van der Waals surface area contributed by atoms with E-state index in [0.29, 0.717) is 11.4 Å². The Bertz CT molecular complexity index is 554. The van der Waals surface area contributed by atoms with E-state index >= 15 is 0 Å². The molecule has 2 rings (SSSR count). The molecule has 0 aliphatic carbocycles. The maximum Gasteiger partial charge on any atom is 0.241 e. The fourth-order valence-electron chi connectivity index (χ4n) is 2.31. The summed E-state index contributed by atoms with van der Waals surface area (Å²) in [5.41, 5.74) is 0.00643. The van der Waals surface area contributed by atoms with E-state index in [1.54, 1.807) is 6.07 Å². The van der Waals surface area contributed by atoms with Crippen molar-refractivity contribution in [1.82, 2.24) is 10.0 Å². The molecule has 0 spiro atoms. The number of hydrogen-bond acceptors (Lipinski definition) is 4. The van der Waals surface area contributed by atoms with Gasteiger partial charge in [-0.2, -0.15) is 0 Å². The molecule has 8 heteroatoms. The lowest BCUT2D eigenvalue weighted by Crippen LogP contribution is -2.45. The van der Waals surface area contributed by atoms with Crippen molar-refractivity contribution in [2.45, 2.75) is 31.6 Å². The van der Waals surface area contributed by atoms with Gasteiger partial charge >= 0.3 is 0 Å². The molecule has 1 fully saturated rings. The number of aryl methyl sites for hydroxylation is 1. The lowest BCUT2D eigenvalue weighted by atomic mass is 9.83. The van der Waals surface area contributed by atoms with Crippen molar-refractivity contribution in [3.63, 3.8) is 0 Å². The van der Waals surface area contributed by atoms with Gasteiger partial charge in [-0.1, -0.05) is 6.92 Å². The number of nitrogens with one attached hydrogen (secondary N) is 2. The summed E-state index contributed by atoms with van der Waals surface area (Å²) < 4.78 is 28.2. The first-order valence-electron chi connectivity index (χ1n) is 6.29. The molecule has 116 valence electrons. The molecule has 2 N–H and O–H groups in total. The van der Waals surface area contributed by atoms with Gasteiger partial charge in [0.1, 0.15) is 0 Å². The Labute approximate surface area is 139 Å². The minimum atomic E-state index is -3.40. The number of hydrogen-bond donors (Lipinski definition) is 2. The average molecular weight is 404 g/mol. The fourth-order valence-corrected chi connectivity index (χ4v) is 5.93. The van der Waals surface area contributed by atoms with Crippen LogP contribution in [0.25, 0.3) is 0 Å². The van der Waals surface area contributed by atoms with Crippen molar-refractivity contribution < 1.29 is 8.42 Å². The summed E-state index contributed by atoms with van der Waals surface area (Å²) in [6, 6.07) is 1.67. The molecule has 0 aromatic carbocycles. The van der Waals surface area contributed by atoms with Crippen molar-refractivity contribution >= 4 is 49.7 Å². The van der Waals surface area contributed by atoms with Gasteiger partial charge in [-0.25, -0.2) is 13.1 Å². The molecule has 2 heterocycles. The van der Waals surface area contributed by atoms with Crippen LogP contribution in [0.3, 0.4) is 0 Å². The van der Waals surface area contributed by atoms with Gasteiger partial charge in [-0.15, -0.1) is 23.7 Å². The number of rotatable bonds is 4. The summed E-state index contributed by atoms with van der Waals surface area (Å²) in [7, 11) is -3.40. The number of halogens is 2. The van der Waals surface area contributed by atoms with E-state index in [4.69, 9.17) is 0 Å². The topological polar surface area (TPSA) is 58.2 Å². The zero-order chi connectivity index (χ0) is 14.1. The van der Waals surface area contributed by atoms with Gasteiger partial charge < -0.3 is 5.32 Å². The van der Waals surface area contributed by atoms with Gasteiger partial charge in [0.2, 0.25) is 10.0 Å². The number of piperidine rings is 1. The van der Waals surface area contributed by atoms with E-state index in [-0.39, 0.29) is 17.8 Å². The van der Waals surface area contributed by atoms with Crippen LogP contribution in [0.2, 0.25) is 0 Å². The van der Waals surface area contributed by atoms with Crippen LogP contribution in [0.4, 0.5) is 0 Å². The third-order valence-electron chi connectivity index (χ3n) is 3.51. The largest absolute Gasteiger partial charge is 0.316 e. The second kappa shape index (κ2) is 7.07. The predicted molar refractivity (Wildman–Crippen MR) is 89.4 cm³/mol. The third kappa shape index (κ3) is 4.42. The van der Waals surface area contributed by atoms with Crippen molar-refractivity contribution in [2.75, 3.05) is 19.6 Å². The lowest BCUT2D eigenvalue weighted by molar-refractivity contribution is 0.238. The van der Waals surface area contributed by atoms with Crippen LogP contribution in [-0.4, -0.2) is 28.1 Å². The first-order valence-corrected chi connectivity index (χ1v) is 9.38. The van der Waals surface area contributed by atoms with Crippen LogP contribution in [0.15, 0.2) is 14.7 Å². The van der Waals surface area contributed by atoms with Gasteiger partial charge in [-0.05, 0) is 53.7 Å². The Balaban J connectivity index is 0.00000200. The second-order valence-electron chi connectivity index (χ2n) is 5.39. The van der Waals surface area contributed by atoms with Gasteiger partial charge in [0.15, 0.2) is 0 Å². The smallest absolute Gasteiger partial charge is 0.241 e. The van der Waals surface area contributed by atoms with Gasteiger partial charge in [0.05, 0.1) is 8.68 Å². The molecule has 1 aliphatic heterocycles. The molecular formula is C12H20BrClN2O2S2. The van der Waals surface area contributed by atoms with E-state index < -0.39 is 10.0 Å². The molecule has 1 unspecified atom stereocenters. The van der Waals surface area contributed by atoms with E-state index in [2.05, 4.69) is 32.9 Å². The maximum atomic E-state index is 12.3. The molecule has 0 saturated carbocycles. The van der Waals surface area contributed by atoms with Crippen LogP contribution in [0.1, 0.15) is 24.6 Å². The quantitative estimate of drug-likeness (QED) is 0.812. The highest BCUT2D eigenvalue weighted by molar-refractivity contribution is 9.11. The summed E-state index contributed by atoms with van der Waals surface area (Å²) in [6.45, 7) is 6.32. The van der Waals surface area contributed by atoms with Crippen molar-refractivity contribution in [3.8, 4) is 0 Å². The Morgan fingerprint density at radius 1 is 1.55 bits per heavy atom. The minimum absolute atomic E-state index is 0. The standard InChI is InChI=1S/C12H19BrN2O2S2.ClH/c1-9-10(6-11(13)18-9)19(16,17)15-8-12(2)4-3-5-14-7-12;/h6,14-15H,3-5,7-8H2,1-2H3;1H. The first-order chi connectivity index (χ1) is 8.82. The minimum Gasteiger partial charge on any atom is -0.316 e. The molecule has 20 heavy (non-hydrogen) atoms. The van der Waals surface area contributed by atoms with Crippen molar-refractivity contribution in [3.05, 3.63) is 14.7 Å². The molecule has 1 saturated heterocycles. The summed E-state index contributed by atoms with van der Waals surface area (Å²) in [4.78, 5) is 1.20. The van der Waals surface area contributed by atoms with Gasteiger partial charge in [-0.3, -0.25) is 0 Å². The maximum absolute atomic E-state index is 12.3. The average Bonchev–Trinajstić information content (AvgIpc) is 2.68. The SMILES string of the molecule is Cc1sc(Br)cc1S(=O)(=O)NCC1(C)CCCNC1.Cl. The Morgan fingerprint density at radius 3 is 2.75 bits per heavy atom. The molecule has 4 nitrogen and oxygen atoms in total. The predicted octanol–water partition coefficient (Wildman–Crippen LogP) is 2.91. The molecule has 1 aliphatic rings. The molecular weight excluding hydrogens is 384 g/mol. The third-order valence-corrected chi connectivity index (χ3v) is 6.72. The van der Waals surface area contributed by atoms with Crippen molar-refractivity contribution in [2.24, 2.45) is 5.41 Å². The van der Waals surface area contributed by atoms with Gasteiger partial charge in [0.25, 0.3) is 0 Å². The zero-order valence-electron chi connectivity index (χ0n) is 11.5. The normalized spacial score (nSPS) is 23.4. The highest BCUT2D eigenvalue weighted by Crippen LogP contribution is 2.30. The Morgan fingerprint density at radius 2 is 2.25 bits per heavy atom. The number of thiophene rings is 1. The Hall–Kier alpha value is 0.340. The first kappa shape index (κ1) is 18.4. The van der Waals surface area contributed by atoms with Crippen LogP contribution in [-0.2, 0) is 10.0 Å². The highest BCUT2D eigenvalue weighted by atomic mass is 79.9. The monoisotopic (exact) mass is 402 g/mol. The Kier molecular flexibility index (Phi) is 6.50. The van der Waals surface area contributed by atoms with Crippen LogP contribution >= 0.6 is 39.7 Å². The molecule has 0 bridgehead atoms. The second-order valence-corrected chi connectivity index (χ2v) is 9.76. The van der Waals surface area contributed by atoms with E-state index in [9.17, 15) is 8.42 Å². The summed E-state index contributed by atoms with van der Waals surface area (Å²) in [5, 5.41) is 3.33. The zero-order valence-corrected chi connectivity index (χ0v) is 15.6. The van der Waals surface area contributed by atoms with E-state index in [1.807, 2.05) is 6.92 Å². The lowest BCUT2D eigenvalue weighted by Gasteiger charge is -2.34. The molecule has 0 radical (unpaired) electrons. The molecule has 1 atom stereocenters. The summed E-state index contributed by atoms with van der Waals surface area (Å²) in [5.74, 6) is 0. The highest BCUT2D eigenvalue weighted by Gasteiger charge is 2.29. The van der Waals surface area contributed by atoms with E-state index in [1.165, 1.54) is 11.3 Å². The molecule has 1 aromatic rings. The van der Waals surface area contributed by atoms with Crippen LogP contribution in [0.5, 0.6) is 0 Å². The molecule has 0 amide bonds. The van der Waals surface area contributed by atoms with Crippen molar-refractivity contribution in [1.29, 1.82) is 0 Å². The number of sulfonamides is 1. The van der Waals surface area contributed by atoms with Crippen LogP contribution in [0, 0.1) is 12.3 Å². The summed E-state index contributed by atoms with van der Waals surface area (Å²) in [6.07, 6.45) is 2.15. The molecule has 1 aromatic heterocycles. The fraction of sp³-hybridized carbons (Fsp3) is 0.667.